The average Bonchev–Trinajstić information content (AvgIpc) is 2.28. The van der Waals surface area contributed by atoms with Gasteiger partial charge in [0.05, 0.1) is 11.5 Å². The zero-order chi connectivity index (χ0) is 11.6. The van der Waals surface area contributed by atoms with Gasteiger partial charge in [0.25, 0.3) is 0 Å². The molecule has 0 spiro atoms. The molecule has 2 aliphatic heterocycles. The lowest BCUT2D eigenvalue weighted by Gasteiger charge is -2.38. The highest BCUT2D eigenvalue weighted by atomic mass is 32.2. The molecule has 2 rings (SSSR count). The van der Waals surface area contributed by atoms with Crippen LogP contribution in [0.2, 0.25) is 0 Å². The standard InChI is InChI=1S/C11H22N2O2S/c1-13(10-4-2-6-12-8-10)11-5-3-7-16(14,15)9-11/h10-12H,2-9H2,1H3. The minimum absolute atomic E-state index is 0.239. The Morgan fingerprint density at radius 3 is 2.56 bits per heavy atom. The second-order valence-electron chi connectivity index (χ2n) is 5.08. The Morgan fingerprint density at radius 1 is 1.19 bits per heavy atom. The Balaban J connectivity index is 1.95. The fourth-order valence-corrected chi connectivity index (χ4v) is 4.56. The maximum absolute atomic E-state index is 11.6. The molecule has 2 aliphatic rings. The van der Waals surface area contributed by atoms with Gasteiger partial charge in [0.2, 0.25) is 0 Å². The molecule has 0 aliphatic carbocycles. The highest BCUT2D eigenvalue weighted by Crippen LogP contribution is 2.20. The molecule has 2 fully saturated rings. The first-order valence-corrected chi connectivity index (χ1v) is 8.04. The number of hydrogen-bond acceptors (Lipinski definition) is 4. The van der Waals surface area contributed by atoms with Gasteiger partial charge < -0.3 is 5.32 Å². The highest BCUT2D eigenvalue weighted by Gasteiger charge is 2.31. The van der Waals surface area contributed by atoms with Crippen LogP contribution in [-0.2, 0) is 9.84 Å². The minimum Gasteiger partial charge on any atom is -0.315 e. The zero-order valence-corrected chi connectivity index (χ0v) is 10.8. The predicted molar refractivity (Wildman–Crippen MR) is 65.3 cm³/mol. The van der Waals surface area contributed by atoms with Gasteiger partial charge in [-0.05, 0) is 39.3 Å². The van der Waals surface area contributed by atoms with Gasteiger partial charge in [0, 0.05) is 18.6 Å². The monoisotopic (exact) mass is 246 g/mol. The van der Waals surface area contributed by atoms with Gasteiger partial charge in [0.15, 0.2) is 9.84 Å². The number of nitrogens with one attached hydrogen (secondary N) is 1. The third kappa shape index (κ3) is 2.96. The van der Waals surface area contributed by atoms with E-state index in [4.69, 9.17) is 0 Å². The van der Waals surface area contributed by atoms with Crippen LogP contribution in [-0.4, -0.2) is 57.0 Å². The molecule has 0 aromatic heterocycles. The van der Waals surface area contributed by atoms with Crippen LogP contribution in [0, 0.1) is 0 Å². The fraction of sp³-hybridized carbons (Fsp3) is 1.00. The maximum atomic E-state index is 11.6. The van der Waals surface area contributed by atoms with E-state index in [1.807, 2.05) is 0 Å². The lowest BCUT2D eigenvalue weighted by molar-refractivity contribution is 0.148. The average molecular weight is 246 g/mol. The van der Waals surface area contributed by atoms with Gasteiger partial charge >= 0.3 is 0 Å². The summed E-state index contributed by atoms with van der Waals surface area (Å²) in [5, 5.41) is 3.38. The molecule has 0 aromatic rings. The molecule has 0 saturated carbocycles. The normalized spacial score (nSPS) is 35.1. The molecule has 4 nitrogen and oxygen atoms in total. The van der Waals surface area contributed by atoms with Gasteiger partial charge in [-0.15, -0.1) is 0 Å². The van der Waals surface area contributed by atoms with Crippen LogP contribution in [0.4, 0.5) is 0 Å². The van der Waals surface area contributed by atoms with Gasteiger partial charge in [0.1, 0.15) is 0 Å². The van der Waals surface area contributed by atoms with Crippen molar-refractivity contribution in [3.8, 4) is 0 Å². The molecule has 2 saturated heterocycles. The van der Waals surface area contributed by atoms with Crippen molar-refractivity contribution in [3.05, 3.63) is 0 Å². The van der Waals surface area contributed by atoms with Crippen molar-refractivity contribution in [3.63, 3.8) is 0 Å². The third-order valence-electron chi connectivity index (χ3n) is 3.86. The van der Waals surface area contributed by atoms with Crippen LogP contribution in [0.15, 0.2) is 0 Å². The fourth-order valence-electron chi connectivity index (χ4n) is 2.80. The Bertz CT molecular complexity index is 323. The van der Waals surface area contributed by atoms with Crippen molar-refractivity contribution in [2.24, 2.45) is 0 Å². The Morgan fingerprint density at radius 2 is 1.94 bits per heavy atom. The number of likely N-dealkylation sites (N-methyl/N-ethyl adjacent to an activating group) is 1. The summed E-state index contributed by atoms with van der Waals surface area (Å²) in [7, 11) is -0.691. The Hall–Kier alpha value is -0.130. The first kappa shape index (κ1) is 12.3. The number of hydrogen-bond donors (Lipinski definition) is 1. The summed E-state index contributed by atoms with van der Waals surface area (Å²) >= 11 is 0. The van der Waals surface area contributed by atoms with Crippen molar-refractivity contribution < 1.29 is 8.42 Å². The zero-order valence-electron chi connectivity index (χ0n) is 9.98. The van der Waals surface area contributed by atoms with Crippen molar-refractivity contribution >= 4 is 9.84 Å². The van der Waals surface area contributed by atoms with Gasteiger partial charge in [-0.1, -0.05) is 0 Å². The van der Waals surface area contributed by atoms with Crippen molar-refractivity contribution in [2.45, 2.75) is 37.8 Å². The SMILES string of the molecule is CN(C1CCCNC1)C1CCCS(=O)(=O)C1. The molecule has 2 unspecified atom stereocenters. The molecule has 0 aromatic carbocycles. The number of piperidine rings is 1. The predicted octanol–water partition coefficient (Wildman–Crippen LogP) is 0.247. The van der Waals surface area contributed by atoms with Gasteiger partial charge in [-0.25, -0.2) is 8.42 Å². The van der Waals surface area contributed by atoms with E-state index in [9.17, 15) is 8.42 Å². The summed E-state index contributed by atoms with van der Waals surface area (Å²) in [5.41, 5.74) is 0. The van der Waals surface area contributed by atoms with E-state index in [1.165, 1.54) is 12.8 Å². The van der Waals surface area contributed by atoms with E-state index in [2.05, 4.69) is 17.3 Å². The summed E-state index contributed by atoms with van der Waals surface area (Å²) < 4.78 is 23.2. The van der Waals surface area contributed by atoms with Gasteiger partial charge in [-0.3, -0.25) is 4.90 Å². The topological polar surface area (TPSA) is 49.4 Å². The van der Waals surface area contributed by atoms with E-state index in [0.717, 1.165) is 25.9 Å². The van der Waals surface area contributed by atoms with E-state index < -0.39 is 9.84 Å². The van der Waals surface area contributed by atoms with Gasteiger partial charge in [-0.2, -0.15) is 0 Å². The van der Waals surface area contributed by atoms with E-state index >= 15 is 0 Å². The first-order valence-electron chi connectivity index (χ1n) is 6.21. The molecule has 0 bridgehead atoms. The molecule has 94 valence electrons. The smallest absolute Gasteiger partial charge is 0.151 e. The van der Waals surface area contributed by atoms with Crippen LogP contribution in [0.1, 0.15) is 25.7 Å². The molecule has 2 heterocycles. The molecule has 5 heteroatoms. The molecule has 1 N–H and O–H groups in total. The minimum atomic E-state index is -2.78. The molecule has 0 radical (unpaired) electrons. The van der Waals surface area contributed by atoms with E-state index in [0.29, 0.717) is 17.5 Å². The largest absolute Gasteiger partial charge is 0.315 e. The summed E-state index contributed by atoms with van der Waals surface area (Å²) in [5.74, 6) is 0.750. The molecule has 16 heavy (non-hydrogen) atoms. The number of sulfone groups is 1. The van der Waals surface area contributed by atoms with E-state index in [-0.39, 0.29) is 6.04 Å². The summed E-state index contributed by atoms with van der Waals surface area (Å²) in [6.07, 6.45) is 4.26. The van der Waals surface area contributed by atoms with E-state index in [1.54, 1.807) is 0 Å². The second kappa shape index (κ2) is 5.02. The maximum Gasteiger partial charge on any atom is 0.151 e. The van der Waals surface area contributed by atoms with Crippen molar-refractivity contribution in [1.29, 1.82) is 0 Å². The molecular weight excluding hydrogens is 224 g/mol. The lowest BCUT2D eigenvalue weighted by atomic mass is 10.0. The molecular formula is C11H22N2O2S. The van der Waals surface area contributed by atoms with Crippen molar-refractivity contribution in [1.82, 2.24) is 10.2 Å². The van der Waals surface area contributed by atoms with Crippen LogP contribution < -0.4 is 5.32 Å². The summed E-state index contributed by atoms with van der Waals surface area (Å²) in [6, 6.07) is 0.760. The molecule has 2 atom stereocenters. The van der Waals surface area contributed by atoms with Crippen LogP contribution in [0.3, 0.4) is 0 Å². The Kier molecular flexibility index (Phi) is 3.87. The summed E-state index contributed by atoms with van der Waals surface area (Å²) in [4.78, 5) is 2.29. The first-order chi connectivity index (χ1) is 7.58. The second-order valence-corrected chi connectivity index (χ2v) is 7.30. The van der Waals surface area contributed by atoms with Crippen LogP contribution in [0.25, 0.3) is 0 Å². The molecule has 0 amide bonds. The third-order valence-corrected chi connectivity index (χ3v) is 5.67. The highest BCUT2D eigenvalue weighted by molar-refractivity contribution is 7.91. The lowest BCUT2D eigenvalue weighted by Crippen LogP contribution is -2.51. The van der Waals surface area contributed by atoms with Crippen LogP contribution in [0.5, 0.6) is 0 Å². The van der Waals surface area contributed by atoms with Crippen LogP contribution >= 0.6 is 0 Å². The number of nitrogens with zero attached hydrogens (tertiary/aromatic N) is 1. The van der Waals surface area contributed by atoms with Crippen molar-refractivity contribution in [2.75, 3.05) is 31.6 Å². The quantitative estimate of drug-likeness (QED) is 0.759. The summed E-state index contributed by atoms with van der Waals surface area (Å²) in [6.45, 7) is 2.11. The number of rotatable bonds is 2. The Labute approximate surface area is 98.3 Å².